The molecule has 0 saturated carbocycles. The first kappa shape index (κ1) is 19.4. The van der Waals surface area contributed by atoms with E-state index in [4.69, 9.17) is 4.74 Å². The third kappa shape index (κ3) is 3.47. The van der Waals surface area contributed by atoms with Crippen LogP contribution in [0.25, 0.3) is 10.9 Å². The molecule has 1 N–H and O–H groups in total. The Hall–Kier alpha value is -1.57. The molecular weight excluding hydrogens is 432 g/mol. The number of fused-ring (bicyclic) bond motifs is 2. The highest BCUT2D eigenvalue weighted by Crippen LogP contribution is 2.46. The minimum Gasteiger partial charge on any atom is -0.449 e. The van der Waals surface area contributed by atoms with Gasteiger partial charge in [0.05, 0.1) is 11.2 Å². The van der Waals surface area contributed by atoms with Gasteiger partial charge in [-0.2, -0.15) is 0 Å². The number of hydrogen-bond donors (Lipinski definition) is 1. The normalized spacial score (nSPS) is 27.8. The van der Waals surface area contributed by atoms with Crippen molar-refractivity contribution in [3.63, 3.8) is 0 Å². The molecule has 7 heteroatoms. The summed E-state index contributed by atoms with van der Waals surface area (Å²) in [5.41, 5.74) is 4.07. The van der Waals surface area contributed by atoms with Crippen LogP contribution in [0.1, 0.15) is 23.5 Å². The fraction of sp³-hybridized carbons (Fsp3) is 0.591. The van der Waals surface area contributed by atoms with Crippen molar-refractivity contribution in [3.05, 3.63) is 33.9 Å². The van der Waals surface area contributed by atoms with E-state index in [2.05, 4.69) is 63.0 Å². The molecule has 2 aliphatic heterocycles. The van der Waals surface area contributed by atoms with E-state index in [9.17, 15) is 4.79 Å². The minimum atomic E-state index is -0.148. The number of ether oxygens (including phenoxy) is 1. The van der Waals surface area contributed by atoms with Crippen LogP contribution in [0.15, 0.2) is 22.8 Å². The smallest absolute Gasteiger partial charge is 0.409 e. The molecule has 1 aromatic heterocycles. The molecule has 0 spiro atoms. The second-order valence-electron chi connectivity index (χ2n) is 8.97. The van der Waals surface area contributed by atoms with Crippen LogP contribution in [0.4, 0.5) is 4.79 Å². The van der Waals surface area contributed by atoms with Crippen molar-refractivity contribution in [1.82, 2.24) is 19.7 Å². The summed E-state index contributed by atoms with van der Waals surface area (Å²) < 4.78 is 6.88. The SMILES string of the molecule is CN1CCN(C(=O)OCC2C[C@@H]3c4cccc5[nH]c(Br)c(c45)C[C@H]3N(C)C2)CC1. The van der Waals surface area contributed by atoms with Gasteiger partial charge in [0.15, 0.2) is 0 Å². The van der Waals surface area contributed by atoms with Gasteiger partial charge in [-0.25, -0.2) is 4.79 Å². The average molecular weight is 461 g/mol. The molecule has 3 atom stereocenters. The number of likely N-dealkylation sites (tertiary alicyclic amines) is 1. The first-order chi connectivity index (χ1) is 14.0. The zero-order valence-electron chi connectivity index (χ0n) is 17.2. The second-order valence-corrected chi connectivity index (χ2v) is 9.77. The molecule has 1 aromatic carbocycles. The predicted molar refractivity (Wildman–Crippen MR) is 117 cm³/mol. The maximum Gasteiger partial charge on any atom is 0.409 e. The van der Waals surface area contributed by atoms with E-state index in [1.54, 1.807) is 0 Å². The molecule has 6 nitrogen and oxygen atoms in total. The number of carbonyl (C=O) groups is 1. The number of aromatic amines is 1. The number of nitrogens with one attached hydrogen (secondary N) is 1. The number of aromatic nitrogens is 1. The molecule has 3 aliphatic rings. The summed E-state index contributed by atoms with van der Waals surface area (Å²) in [6.07, 6.45) is 1.99. The Kier molecular flexibility index (Phi) is 5.08. The van der Waals surface area contributed by atoms with E-state index < -0.39 is 0 Å². The van der Waals surface area contributed by atoms with Crippen molar-refractivity contribution in [2.75, 3.05) is 53.4 Å². The first-order valence-electron chi connectivity index (χ1n) is 10.6. The van der Waals surface area contributed by atoms with Crippen LogP contribution in [-0.4, -0.2) is 85.2 Å². The third-order valence-electron chi connectivity index (χ3n) is 7.09. The van der Waals surface area contributed by atoms with Crippen LogP contribution in [0, 0.1) is 5.92 Å². The van der Waals surface area contributed by atoms with E-state index in [-0.39, 0.29) is 6.09 Å². The first-order valence-corrected chi connectivity index (χ1v) is 11.4. The Bertz CT molecular complexity index is 921. The summed E-state index contributed by atoms with van der Waals surface area (Å²) in [5, 5.41) is 1.39. The highest BCUT2D eigenvalue weighted by atomic mass is 79.9. The Morgan fingerprint density at radius 1 is 1.24 bits per heavy atom. The lowest BCUT2D eigenvalue weighted by Crippen LogP contribution is -2.50. The lowest BCUT2D eigenvalue weighted by Gasteiger charge is -2.45. The van der Waals surface area contributed by atoms with E-state index in [1.807, 2.05) is 4.90 Å². The van der Waals surface area contributed by atoms with Crippen molar-refractivity contribution in [3.8, 4) is 0 Å². The molecule has 3 heterocycles. The molecule has 2 fully saturated rings. The standard InChI is InChI=1S/C22H29BrN4O2/c1-25-6-8-27(9-7-25)22(28)29-13-14-10-16-15-4-3-5-18-20(15)17(21(23)24-18)11-19(16)26(2)12-14/h3-5,14,16,19,24H,6-13H2,1-2H3/t14?,16-,19-/m1/s1. The zero-order chi connectivity index (χ0) is 20.1. The molecule has 156 valence electrons. The largest absolute Gasteiger partial charge is 0.449 e. The van der Waals surface area contributed by atoms with Gasteiger partial charge in [0.25, 0.3) is 0 Å². The van der Waals surface area contributed by atoms with Gasteiger partial charge in [0.1, 0.15) is 0 Å². The van der Waals surface area contributed by atoms with Crippen LogP contribution < -0.4 is 0 Å². The molecule has 1 amide bonds. The fourth-order valence-electron chi connectivity index (χ4n) is 5.49. The topological polar surface area (TPSA) is 51.8 Å². The lowest BCUT2D eigenvalue weighted by molar-refractivity contribution is 0.0399. The predicted octanol–water partition coefficient (Wildman–Crippen LogP) is 3.27. The molecule has 5 rings (SSSR count). The Balaban J connectivity index is 1.30. The summed E-state index contributed by atoms with van der Waals surface area (Å²) in [4.78, 5) is 22.6. The van der Waals surface area contributed by atoms with Gasteiger partial charge in [-0.3, -0.25) is 0 Å². The maximum atomic E-state index is 12.5. The summed E-state index contributed by atoms with van der Waals surface area (Å²) >= 11 is 3.73. The Morgan fingerprint density at radius 3 is 2.83 bits per heavy atom. The van der Waals surface area contributed by atoms with Crippen molar-refractivity contribution < 1.29 is 9.53 Å². The molecule has 2 aromatic rings. The highest BCUT2D eigenvalue weighted by molar-refractivity contribution is 9.10. The number of hydrogen-bond acceptors (Lipinski definition) is 4. The number of nitrogens with zero attached hydrogens (tertiary/aromatic N) is 3. The van der Waals surface area contributed by atoms with Gasteiger partial charge < -0.3 is 24.4 Å². The van der Waals surface area contributed by atoms with Crippen LogP contribution in [0.5, 0.6) is 0 Å². The van der Waals surface area contributed by atoms with Crippen LogP contribution in [0.3, 0.4) is 0 Å². The summed E-state index contributed by atoms with van der Waals surface area (Å²) in [6, 6.07) is 7.11. The number of amides is 1. The molecule has 29 heavy (non-hydrogen) atoms. The van der Waals surface area contributed by atoms with E-state index in [0.717, 1.165) is 50.2 Å². The van der Waals surface area contributed by atoms with Crippen molar-refractivity contribution in [2.45, 2.75) is 24.8 Å². The summed E-state index contributed by atoms with van der Waals surface area (Å²) in [6.45, 7) is 4.85. The van der Waals surface area contributed by atoms with Gasteiger partial charge in [-0.15, -0.1) is 0 Å². The summed E-state index contributed by atoms with van der Waals surface area (Å²) in [5.74, 6) is 0.858. The molecule has 1 aliphatic carbocycles. The molecule has 0 bridgehead atoms. The van der Waals surface area contributed by atoms with Gasteiger partial charge in [0, 0.05) is 61.5 Å². The van der Waals surface area contributed by atoms with E-state index in [0.29, 0.717) is 24.5 Å². The number of carbonyl (C=O) groups excluding carboxylic acids is 1. The number of halogens is 1. The van der Waals surface area contributed by atoms with Gasteiger partial charge in [-0.05, 0) is 60.1 Å². The number of rotatable bonds is 2. The molecule has 2 saturated heterocycles. The fourth-order valence-corrected chi connectivity index (χ4v) is 6.06. The molecule has 1 unspecified atom stereocenters. The second kappa shape index (κ2) is 7.60. The third-order valence-corrected chi connectivity index (χ3v) is 7.77. The number of benzene rings is 1. The average Bonchev–Trinajstić information content (AvgIpc) is 3.04. The molecular formula is C22H29BrN4O2. The van der Waals surface area contributed by atoms with Crippen molar-refractivity contribution in [2.24, 2.45) is 5.92 Å². The lowest BCUT2D eigenvalue weighted by atomic mass is 9.72. The number of piperazine rings is 1. The van der Waals surface area contributed by atoms with Crippen molar-refractivity contribution in [1.29, 1.82) is 0 Å². The molecule has 0 radical (unpaired) electrons. The van der Waals surface area contributed by atoms with Crippen molar-refractivity contribution >= 4 is 32.9 Å². The monoisotopic (exact) mass is 460 g/mol. The Morgan fingerprint density at radius 2 is 2.03 bits per heavy atom. The zero-order valence-corrected chi connectivity index (χ0v) is 18.7. The van der Waals surface area contributed by atoms with E-state index >= 15 is 0 Å². The number of H-pyrrole nitrogens is 1. The van der Waals surface area contributed by atoms with Crippen LogP contribution in [-0.2, 0) is 11.2 Å². The number of likely N-dealkylation sites (N-methyl/N-ethyl adjacent to an activating group) is 2. The highest BCUT2D eigenvalue weighted by Gasteiger charge is 2.40. The maximum absolute atomic E-state index is 12.5. The van der Waals surface area contributed by atoms with Crippen LogP contribution in [0.2, 0.25) is 0 Å². The van der Waals surface area contributed by atoms with Gasteiger partial charge in [-0.1, -0.05) is 12.1 Å². The Labute approximate surface area is 180 Å². The van der Waals surface area contributed by atoms with E-state index in [1.165, 1.54) is 22.0 Å². The number of piperidine rings is 1. The van der Waals surface area contributed by atoms with Gasteiger partial charge >= 0.3 is 6.09 Å². The minimum absolute atomic E-state index is 0.148. The quantitative estimate of drug-likeness (QED) is 0.746. The van der Waals surface area contributed by atoms with Gasteiger partial charge in [0.2, 0.25) is 0 Å². The summed E-state index contributed by atoms with van der Waals surface area (Å²) in [7, 11) is 4.31. The van der Waals surface area contributed by atoms with Crippen LogP contribution >= 0.6 is 15.9 Å².